The number of phenolic OH excluding ortho intramolecular Hbond substituents is 1. The Balaban J connectivity index is 0.860. The average molecular weight is 921 g/mol. The van der Waals surface area contributed by atoms with Crippen molar-refractivity contribution < 1.29 is 38.3 Å². The fourth-order valence-electron chi connectivity index (χ4n) is 7.74. The zero-order chi connectivity index (χ0) is 47.8. The van der Waals surface area contributed by atoms with Gasteiger partial charge in [-0.15, -0.1) is 0 Å². The van der Waals surface area contributed by atoms with Crippen molar-refractivity contribution in [2.75, 3.05) is 0 Å². The lowest BCUT2D eigenvalue weighted by Crippen LogP contribution is -2.16. The summed E-state index contributed by atoms with van der Waals surface area (Å²) in [7, 11) is 0. The predicted octanol–water partition coefficient (Wildman–Crippen LogP) is 14.6. The number of hydrogen-bond donors (Lipinski definition) is 1. The van der Waals surface area contributed by atoms with Crippen molar-refractivity contribution in [3.63, 3.8) is 0 Å². The van der Waals surface area contributed by atoms with Crippen LogP contribution >= 0.6 is 0 Å². The largest absolute Gasteiger partial charge is 0.508 e. The van der Waals surface area contributed by atoms with E-state index < -0.39 is 0 Å². The van der Waals surface area contributed by atoms with Gasteiger partial charge in [-0.2, -0.15) is 0 Å². The molecule has 0 amide bonds. The Morgan fingerprint density at radius 1 is 0.304 bits per heavy atom. The third kappa shape index (κ3) is 13.0. The van der Waals surface area contributed by atoms with Crippen LogP contribution in [0.5, 0.6) is 46.0 Å². The molecule has 0 saturated carbocycles. The zero-order valence-corrected chi connectivity index (χ0v) is 39.8. The predicted molar refractivity (Wildman–Crippen MR) is 271 cm³/mol. The molecule has 8 nitrogen and oxygen atoms in total. The Hall–Kier alpha value is -7.84. The van der Waals surface area contributed by atoms with E-state index in [1.165, 1.54) is 5.56 Å². The Kier molecular flexibility index (Phi) is 16.1. The maximum Gasteiger partial charge on any atom is 0.126 e. The van der Waals surface area contributed by atoms with Crippen LogP contribution in [0.15, 0.2) is 194 Å². The molecule has 8 aromatic rings. The van der Waals surface area contributed by atoms with Crippen LogP contribution in [0.4, 0.5) is 0 Å². The molecular weight excluding hydrogens is 861 g/mol. The number of rotatable bonds is 22. The van der Waals surface area contributed by atoms with E-state index in [0.29, 0.717) is 55.2 Å². The van der Waals surface area contributed by atoms with Crippen molar-refractivity contribution in [1.29, 1.82) is 0 Å². The first-order chi connectivity index (χ1) is 33.7. The van der Waals surface area contributed by atoms with Crippen molar-refractivity contribution in [2.45, 2.75) is 79.9 Å². The molecule has 0 aliphatic rings. The minimum absolute atomic E-state index is 0.101. The van der Waals surface area contributed by atoms with E-state index in [1.54, 1.807) is 12.1 Å². The number of aromatic hydroxyl groups is 1. The number of hydrogen-bond acceptors (Lipinski definition) is 8. The Morgan fingerprint density at radius 2 is 0.522 bits per heavy atom. The minimum atomic E-state index is 0.101. The molecule has 0 aromatic heterocycles. The molecule has 0 bridgehead atoms. The first kappa shape index (κ1) is 47.6. The van der Waals surface area contributed by atoms with Crippen molar-refractivity contribution in [3.05, 3.63) is 239 Å². The third-order valence-electron chi connectivity index (χ3n) is 12.2. The molecule has 8 aromatic carbocycles. The van der Waals surface area contributed by atoms with E-state index in [2.05, 4.69) is 39.8 Å². The molecule has 1 atom stereocenters. The highest BCUT2D eigenvalue weighted by atomic mass is 16.5. The molecule has 0 radical (unpaired) electrons. The summed E-state index contributed by atoms with van der Waals surface area (Å²) in [5.41, 5.74) is 7.50. The molecule has 352 valence electrons. The van der Waals surface area contributed by atoms with Gasteiger partial charge in [-0.05, 0) is 65.4 Å². The fourth-order valence-corrected chi connectivity index (χ4v) is 7.74. The van der Waals surface area contributed by atoms with Gasteiger partial charge in [-0.1, -0.05) is 173 Å². The van der Waals surface area contributed by atoms with Crippen molar-refractivity contribution >= 4 is 0 Å². The second-order valence-corrected chi connectivity index (χ2v) is 17.9. The molecule has 0 saturated heterocycles. The standard InChI is InChI=1S/C61H60O8/c1-44(61(2,3)4)52-28-12-20-36-60(52)69-43-51-27-11-19-35-59(51)68-42-50-26-10-18-34-58(50)67-41-49-25-9-17-33-57(49)66-40-48-24-8-16-32-56(48)65-39-47-23-7-15-31-55(47)64-38-46-22-6-14-30-54(46)63-37-45-21-5-13-29-53(45)62/h5-36,44,62H,37-43H2,1-4H3. The van der Waals surface area contributed by atoms with Crippen molar-refractivity contribution in [3.8, 4) is 46.0 Å². The number of benzene rings is 8. The maximum absolute atomic E-state index is 10.2. The van der Waals surface area contributed by atoms with Crippen LogP contribution in [0, 0.1) is 5.41 Å². The first-order valence-electron chi connectivity index (χ1n) is 23.4. The number of para-hydroxylation sites is 8. The van der Waals surface area contributed by atoms with Crippen molar-refractivity contribution in [1.82, 2.24) is 0 Å². The summed E-state index contributed by atoms with van der Waals surface area (Å²) < 4.78 is 44.8. The molecule has 8 rings (SSSR count). The zero-order valence-electron chi connectivity index (χ0n) is 39.8. The molecule has 0 spiro atoms. The summed E-state index contributed by atoms with van der Waals surface area (Å²) >= 11 is 0. The maximum atomic E-state index is 10.2. The highest BCUT2D eigenvalue weighted by Crippen LogP contribution is 2.39. The van der Waals surface area contributed by atoms with Crippen LogP contribution in [0.2, 0.25) is 0 Å². The first-order valence-corrected chi connectivity index (χ1v) is 23.4. The lowest BCUT2D eigenvalue weighted by atomic mass is 9.77. The summed E-state index contributed by atoms with van der Waals surface area (Å²) in [4.78, 5) is 0. The van der Waals surface area contributed by atoms with Gasteiger partial charge in [0.05, 0.1) is 0 Å². The second-order valence-electron chi connectivity index (χ2n) is 17.9. The smallest absolute Gasteiger partial charge is 0.126 e. The lowest BCUT2D eigenvalue weighted by molar-refractivity contribution is 0.247. The monoisotopic (exact) mass is 920 g/mol. The van der Waals surface area contributed by atoms with Gasteiger partial charge < -0.3 is 38.3 Å². The number of ether oxygens (including phenoxy) is 7. The highest BCUT2D eigenvalue weighted by Gasteiger charge is 2.24. The van der Waals surface area contributed by atoms with Gasteiger partial charge in [-0.3, -0.25) is 0 Å². The Labute approximate surface area is 406 Å². The molecule has 0 heterocycles. The van der Waals surface area contributed by atoms with Gasteiger partial charge >= 0.3 is 0 Å². The quantitative estimate of drug-likeness (QED) is 0.0720. The van der Waals surface area contributed by atoms with Gasteiger partial charge in [-0.25, -0.2) is 0 Å². The highest BCUT2D eigenvalue weighted by molar-refractivity contribution is 5.42. The van der Waals surface area contributed by atoms with Crippen LogP contribution < -0.4 is 33.2 Å². The minimum Gasteiger partial charge on any atom is -0.508 e. The fraction of sp³-hybridized carbons (Fsp3) is 0.213. The summed E-state index contributed by atoms with van der Waals surface area (Å²) in [5.74, 6) is 5.74. The van der Waals surface area contributed by atoms with E-state index in [9.17, 15) is 5.11 Å². The Bertz CT molecular complexity index is 2900. The van der Waals surface area contributed by atoms with Crippen LogP contribution in [-0.2, 0) is 46.2 Å². The van der Waals surface area contributed by atoms with E-state index in [0.717, 1.165) is 56.4 Å². The molecule has 69 heavy (non-hydrogen) atoms. The number of phenols is 1. The average Bonchev–Trinajstić information content (AvgIpc) is 3.38. The second kappa shape index (κ2) is 23.3. The van der Waals surface area contributed by atoms with Gasteiger partial charge in [0.15, 0.2) is 0 Å². The molecule has 0 fully saturated rings. The summed E-state index contributed by atoms with van der Waals surface area (Å²) in [6.45, 7) is 11.1. The molecular formula is C61H60O8. The molecule has 1 N–H and O–H groups in total. The third-order valence-corrected chi connectivity index (χ3v) is 12.2. The van der Waals surface area contributed by atoms with E-state index >= 15 is 0 Å². The summed E-state index contributed by atoms with van der Waals surface area (Å²) in [5, 5.41) is 10.2. The summed E-state index contributed by atoms with van der Waals surface area (Å²) in [6.07, 6.45) is 0. The van der Waals surface area contributed by atoms with Gasteiger partial charge in [0.2, 0.25) is 0 Å². The van der Waals surface area contributed by atoms with E-state index in [-0.39, 0.29) is 31.0 Å². The van der Waals surface area contributed by atoms with E-state index in [4.69, 9.17) is 33.2 Å². The van der Waals surface area contributed by atoms with Crippen LogP contribution in [-0.4, -0.2) is 5.11 Å². The van der Waals surface area contributed by atoms with E-state index in [1.807, 2.05) is 170 Å². The molecule has 0 aliphatic heterocycles. The van der Waals surface area contributed by atoms with Gasteiger partial charge in [0.1, 0.15) is 92.2 Å². The molecule has 1 unspecified atom stereocenters. The Morgan fingerprint density at radius 3 is 0.812 bits per heavy atom. The topological polar surface area (TPSA) is 84.8 Å². The SMILES string of the molecule is CC(c1ccccc1OCc1ccccc1OCc1ccccc1OCc1ccccc1OCc1ccccc1OCc1ccccc1OCc1ccccc1OCc1ccccc1O)C(C)(C)C. The van der Waals surface area contributed by atoms with Crippen molar-refractivity contribution in [2.24, 2.45) is 5.41 Å². The van der Waals surface area contributed by atoms with Crippen LogP contribution in [0.25, 0.3) is 0 Å². The normalized spacial score (nSPS) is 11.6. The molecule has 0 aliphatic carbocycles. The summed E-state index contributed by atoms with van der Waals surface area (Å²) in [6, 6.07) is 62.9. The molecule has 8 heteroatoms. The van der Waals surface area contributed by atoms with Gasteiger partial charge in [0.25, 0.3) is 0 Å². The van der Waals surface area contributed by atoms with Crippen LogP contribution in [0.1, 0.15) is 78.1 Å². The lowest BCUT2D eigenvalue weighted by Gasteiger charge is -2.29. The van der Waals surface area contributed by atoms with Gasteiger partial charge in [0, 0.05) is 38.9 Å². The van der Waals surface area contributed by atoms with Crippen LogP contribution in [0.3, 0.4) is 0 Å².